The van der Waals surface area contributed by atoms with Gasteiger partial charge in [0, 0.05) is 5.56 Å². The van der Waals surface area contributed by atoms with E-state index in [4.69, 9.17) is 9.15 Å². The average molecular weight is 274 g/mol. The summed E-state index contributed by atoms with van der Waals surface area (Å²) in [6.07, 6.45) is 1.14. The molecule has 0 radical (unpaired) electrons. The lowest BCUT2D eigenvalue weighted by atomic mass is 10.1. The van der Waals surface area contributed by atoms with Crippen molar-refractivity contribution < 1.29 is 18.7 Å². The van der Waals surface area contributed by atoms with E-state index >= 15 is 0 Å². The van der Waals surface area contributed by atoms with Crippen LogP contribution in [0.1, 0.15) is 33.3 Å². The first kappa shape index (κ1) is 13.8. The van der Waals surface area contributed by atoms with Crippen LogP contribution in [0.5, 0.6) is 0 Å². The van der Waals surface area contributed by atoms with Gasteiger partial charge >= 0.3 is 12.0 Å². The van der Waals surface area contributed by atoms with Gasteiger partial charge in [0.15, 0.2) is 5.69 Å². The zero-order valence-electron chi connectivity index (χ0n) is 11.2. The van der Waals surface area contributed by atoms with E-state index in [1.807, 2.05) is 19.1 Å². The van der Waals surface area contributed by atoms with Crippen LogP contribution >= 0.6 is 0 Å². The van der Waals surface area contributed by atoms with Gasteiger partial charge < -0.3 is 9.15 Å². The predicted molar refractivity (Wildman–Crippen MR) is 71.6 cm³/mol. The Bertz CT molecular complexity index is 634. The minimum Gasteiger partial charge on any atom is -0.461 e. The topological polar surface area (TPSA) is 81.4 Å². The summed E-state index contributed by atoms with van der Waals surface area (Å²) in [4.78, 5) is 27.3. The molecule has 1 aromatic carbocycles. The van der Waals surface area contributed by atoms with Crippen molar-refractivity contribution >= 4 is 17.9 Å². The number of esters is 1. The molecule has 0 fully saturated rings. The summed E-state index contributed by atoms with van der Waals surface area (Å²) < 4.78 is 9.80. The Morgan fingerprint density at radius 1 is 1.35 bits per heavy atom. The Morgan fingerprint density at radius 3 is 2.80 bits per heavy atom. The standard InChI is InChI=1S/C14H14N2O4/c1-3-19-13(18)11-8-20-14(15-11)16-12(17)10-7-5-4-6-9(10)2/h4-8H,3H2,1-2H3,(H,15,16,17). The van der Waals surface area contributed by atoms with Crippen molar-refractivity contribution in [1.82, 2.24) is 4.98 Å². The molecule has 0 atom stereocenters. The largest absolute Gasteiger partial charge is 0.461 e. The number of aromatic nitrogens is 1. The molecule has 1 N–H and O–H groups in total. The van der Waals surface area contributed by atoms with Gasteiger partial charge in [-0.15, -0.1) is 0 Å². The molecule has 0 spiro atoms. The molecule has 2 rings (SSSR count). The third kappa shape index (κ3) is 3.03. The molecule has 104 valence electrons. The van der Waals surface area contributed by atoms with Crippen molar-refractivity contribution in [3.05, 3.63) is 47.3 Å². The molecule has 0 saturated heterocycles. The fourth-order valence-corrected chi connectivity index (χ4v) is 1.62. The minimum absolute atomic E-state index is 0.0203. The highest BCUT2D eigenvalue weighted by Gasteiger charge is 2.16. The Morgan fingerprint density at radius 2 is 2.10 bits per heavy atom. The van der Waals surface area contributed by atoms with Crippen LogP contribution in [0.15, 0.2) is 34.9 Å². The SMILES string of the molecule is CCOC(=O)c1coc(NC(=O)c2ccccc2C)n1. The van der Waals surface area contributed by atoms with Gasteiger partial charge in [0.2, 0.25) is 0 Å². The second-order valence-corrected chi connectivity index (χ2v) is 4.03. The van der Waals surface area contributed by atoms with Gasteiger partial charge in [0.05, 0.1) is 6.61 Å². The number of carbonyl (C=O) groups is 2. The van der Waals surface area contributed by atoms with Gasteiger partial charge in [0.1, 0.15) is 6.26 Å². The molecular formula is C14H14N2O4. The molecule has 0 aliphatic rings. The molecule has 0 saturated carbocycles. The highest BCUT2D eigenvalue weighted by molar-refractivity contribution is 6.04. The van der Waals surface area contributed by atoms with Crippen LogP contribution in [0.4, 0.5) is 6.01 Å². The number of hydrogen-bond donors (Lipinski definition) is 1. The smallest absolute Gasteiger partial charge is 0.360 e. The van der Waals surface area contributed by atoms with Crippen LogP contribution in [-0.4, -0.2) is 23.5 Å². The monoisotopic (exact) mass is 274 g/mol. The van der Waals surface area contributed by atoms with Crippen LogP contribution < -0.4 is 5.32 Å². The maximum absolute atomic E-state index is 12.0. The summed E-state index contributed by atoms with van der Waals surface area (Å²) in [5, 5.41) is 2.49. The number of aryl methyl sites for hydroxylation is 1. The highest BCUT2D eigenvalue weighted by Crippen LogP contribution is 2.12. The Labute approximate surface area is 115 Å². The summed E-state index contributed by atoms with van der Waals surface area (Å²) in [6.45, 7) is 3.77. The molecule has 0 aliphatic carbocycles. The van der Waals surface area contributed by atoms with E-state index in [1.54, 1.807) is 19.1 Å². The van der Waals surface area contributed by atoms with Crippen molar-refractivity contribution in [3.8, 4) is 0 Å². The molecule has 0 bridgehead atoms. The Hall–Kier alpha value is -2.63. The zero-order valence-corrected chi connectivity index (χ0v) is 11.2. The average Bonchev–Trinajstić information content (AvgIpc) is 2.88. The molecule has 1 aromatic heterocycles. The second-order valence-electron chi connectivity index (χ2n) is 4.03. The lowest BCUT2D eigenvalue weighted by Gasteiger charge is -2.03. The normalized spacial score (nSPS) is 10.1. The summed E-state index contributed by atoms with van der Waals surface area (Å²) >= 11 is 0. The maximum Gasteiger partial charge on any atom is 0.360 e. The van der Waals surface area contributed by atoms with Crippen LogP contribution in [0, 0.1) is 6.92 Å². The number of oxazole rings is 1. The van der Waals surface area contributed by atoms with Gasteiger partial charge in [-0.3, -0.25) is 10.1 Å². The molecule has 1 heterocycles. The van der Waals surface area contributed by atoms with Crippen molar-refractivity contribution in [2.75, 3.05) is 11.9 Å². The summed E-state index contributed by atoms with van der Waals surface area (Å²) in [6, 6.07) is 7.09. The first-order valence-corrected chi connectivity index (χ1v) is 6.11. The fourth-order valence-electron chi connectivity index (χ4n) is 1.62. The first-order valence-electron chi connectivity index (χ1n) is 6.11. The molecule has 6 heteroatoms. The summed E-state index contributed by atoms with van der Waals surface area (Å²) in [7, 11) is 0. The van der Waals surface area contributed by atoms with E-state index in [2.05, 4.69) is 10.3 Å². The number of nitrogens with one attached hydrogen (secondary N) is 1. The first-order chi connectivity index (χ1) is 9.61. The molecule has 20 heavy (non-hydrogen) atoms. The number of hydrogen-bond acceptors (Lipinski definition) is 5. The quantitative estimate of drug-likeness (QED) is 0.866. The van der Waals surface area contributed by atoms with E-state index < -0.39 is 5.97 Å². The Balaban J connectivity index is 2.09. The number of benzene rings is 1. The molecule has 0 aliphatic heterocycles. The number of nitrogens with zero attached hydrogens (tertiary/aromatic N) is 1. The summed E-state index contributed by atoms with van der Waals surface area (Å²) in [5.74, 6) is -0.937. The Kier molecular flexibility index (Phi) is 4.14. The van der Waals surface area contributed by atoms with Gasteiger partial charge in [0.25, 0.3) is 5.91 Å². The fraction of sp³-hybridized carbons (Fsp3) is 0.214. The van der Waals surface area contributed by atoms with Gasteiger partial charge in [-0.1, -0.05) is 18.2 Å². The predicted octanol–water partition coefficient (Wildman–Crippen LogP) is 2.41. The van der Waals surface area contributed by atoms with E-state index in [0.717, 1.165) is 11.8 Å². The van der Waals surface area contributed by atoms with Crippen LogP contribution in [0.3, 0.4) is 0 Å². The molecule has 2 aromatic rings. The lowest BCUT2D eigenvalue weighted by molar-refractivity contribution is 0.0519. The van der Waals surface area contributed by atoms with Crippen molar-refractivity contribution in [2.45, 2.75) is 13.8 Å². The number of anilines is 1. The van der Waals surface area contributed by atoms with E-state index in [9.17, 15) is 9.59 Å². The maximum atomic E-state index is 12.0. The molecular weight excluding hydrogens is 260 g/mol. The number of amides is 1. The number of ether oxygens (including phenoxy) is 1. The minimum atomic E-state index is -0.590. The zero-order chi connectivity index (χ0) is 14.5. The molecule has 6 nitrogen and oxygen atoms in total. The van der Waals surface area contributed by atoms with Crippen LogP contribution in [0.2, 0.25) is 0 Å². The van der Waals surface area contributed by atoms with Crippen molar-refractivity contribution in [1.29, 1.82) is 0 Å². The molecule has 1 amide bonds. The summed E-state index contributed by atoms with van der Waals surface area (Å²) in [5.41, 5.74) is 1.37. The van der Waals surface area contributed by atoms with Crippen LogP contribution in [0.25, 0.3) is 0 Å². The third-order valence-electron chi connectivity index (χ3n) is 2.60. The lowest BCUT2D eigenvalue weighted by Crippen LogP contribution is -2.14. The third-order valence-corrected chi connectivity index (χ3v) is 2.60. The van der Waals surface area contributed by atoms with E-state index in [1.165, 1.54) is 0 Å². The number of carbonyl (C=O) groups excluding carboxylic acids is 2. The van der Waals surface area contributed by atoms with Crippen molar-refractivity contribution in [3.63, 3.8) is 0 Å². The molecule has 0 unspecified atom stereocenters. The second kappa shape index (κ2) is 6.01. The van der Waals surface area contributed by atoms with Crippen molar-refractivity contribution in [2.24, 2.45) is 0 Å². The van der Waals surface area contributed by atoms with E-state index in [-0.39, 0.29) is 24.2 Å². The van der Waals surface area contributed by atoms with E-state index in [0.29, 0.717) is 5.56 Å². The van der Waals surface area contributed by atoms with Gasteiger partial charge in [-0.2, -0.15) is 4.98 Å². The highest BCUT2D eigenvalue weighted by atomic mass is 16.5. The van der Waals surface area contributed by atoms with Gasteiger partial charge in [-0.25, -0.2) is 4.79 Å². The van der Waals surface area contributed by atoms with Gasteiger partial charge in [-0.05, 0) is 25.5 Å². The van der Waals surface area contributed by atoms with Crippen LogP contribution in [-0.2, 0) is 4.74 Å². The number of rotatable bonds is 4.